The Morgan fingerprint density at radius 3 is 2.77 bits per heavy atom. The number of nitrogens with zero attached hydrogens (tertiary/aromatic N) is 3. The number of hydrogen-bond donors (Lipinski definition) is 1. The number of anilines is 1. The first-order chi connectivity index (χ1) is 12.2. The Morgan fingerprint density at radius 2 is 2.12 bits per heavy atom. The van der Waals surface area contributed by atoms with E-state index < -0.39 is 11.6 Å². The molecule has 1 saturated heterocycles. The Hall–Kier alpha value is -2.09. The molecule has 1 atom stereocenters. The van der Waals surface area contributed by atoms with Crippen molar-refractivity contribution in [3.63, 3.8) is 0 Å². The van der Waals surface area contributed by atoms with Crippen LogP contribution in [0, 0.1) is 5.92 Å². The van der Waals surface area contributed by atoms with E-state index in [2.05, 4.69) is 15.5 Å². The molecule has 1 aromatic rings. The zero-order chi connectivity index (χ0) is 19.3. The number of amides is 1. The summed E-state index contributed by atoms with van der Waals surface area (Å²) in [4.78, 5) is 25.8. The van der Waals surface area contributed by atoms with Gasteiger partial charge in [0.05, 0.1) is 12.8 Å². The number of carbonyl (C=O) groups is 2. The first-order valence-corrected chi connectivity index (χ1v) is 8.90. The summed E-state index contributed by atoms with van der Waals surface area (Å²) >= 11 is 5.88. The third-order valence-corrected chi connectivity index (χ3v) is 4.08. The second-order valence-corrected chi connectivity index (χ2v) is 7.62. The largest absolute Gasteiger partial charge is 0.464 e. The Kier molecular flexibility index (Phi) is 6.63. The Labute approximate surface area is 158 Å². The molecule has 0 aromatic carbocycles. The average molecular weight is 385 g/mol. The number of carbonyl (C=O) groups excluding carboxylic acids is 2. The number of likely N-dealkylation sites (tertiary alicyclic amines) is 1. The number of hydrogen-bond acceptors (Lipinski definition) is 7. The average Bonchev–Trinajstić information content (AvgIpc) is 2.58. The summed E-state index contributed by atoms with van der Waals surface area (Å²) in [5.74, 6) is -0.371. The predicted molar refractivity (Wildman–Crippen MR) is 97.4 cm³/mol. The van der Waals surface area contributed by atoms with Crippen molar-refractivity contribution in [2.24, 2.45) is 5.92 Å². The number of halogens is 1. The predicted octanol–water partition coefficient (Wildman–Crippen LogP) is 2.98. The molecule has 2 heterocycles. The van der Waals surface area contributed by atoms with Gasteiger partial charge in [0, 0.05) is 25.7 Å². The molecule has 9 heteroatoms. The SMILES string of the molecule is COC(=O)c1nnc(Cl)cc1NCC1CCCN(C(=O)OC(C)(C)C)C1. The molecule has 1 fully saturated rings. The summed E-state index contributed by atoms with van der Waals surface area (Å²) in [6.45, 7) is 7.38. The number of ether oxygens (including phenoxy) is 2. The minimum Gasteiger partial charge on any atom is -0.464 e. The van der Waals surface area contributed by atoms with Gasteiger partial charge < -0.3 is 19.7 Å². The van der Waals surface area contributed by atoms with Crippen LogP contribution in [0.3, 0.4) is 0 Å². The van der Waals surface area contributed by atoms with Crippen molar-refractivity contribution >= 4 is 29.4 Å². The second-order valence-electron chi connectivity index (χ2n) is 7.24. The van der Waals surface area contributed by atoms with E-state index in [0.717, 1.165) is 12.8 Å². The van der Waals surface area contributed by atoms with Crippen molar-refractivity contribution in [1.82, 2.24) is 15.1 Å². The molecule has 0 radical (unpaired) electrons. The van der Waals surface area contributed by atoms with Gasteiger partial charge in [0.15, 0.2) is 10.8 Å². The number of nitrogens with one attached hydrogen (secondary N) is 1. The molecule has 0 bridgehead atoms. The molecule has 1 aromatic heterocycles. The molecule has 1 N–H and O–H groups in total. The summed E-state index contributed by atoms with van der Waals surface area (Å²) < 4.78 is 10.1. The Bertz CT molecular complexity index is 663. The van der Waals surface area contributed by atoms with Crippen molar-refractivity contribution in [2.45, 2.75) is 39.2 Å². The fraction of sp³-hybridized carbons (Fsp3) is 0.647. The topological polar surface area (TPSA) is 93.6 Å². The zero-order valence-corrected chi connectivity index (χ0v) is 16.3. The van der Waals surface area contributed by atoms with Crippen LogP contribution in [0.2, 0.25) is 5.15 Å². The molecule has 8 nitrogen and oxygen atoms in total. The highest BCUT2D eigenvalue weighted by Crippen LogP contribution is 2.22. The van der Waals surface area contributed by atoms with Gasteiger partial charge in [0.2, 0.25) is 0 Å². The number of methoxy groups -OCH3 is 1. The lowest BCUT2D eigenvalue weighted by molar-refractivity contribution is 0.0172. The molecule has 0 spiro atoms. The lowest BCUT2D eigenvalue weighted by Gasteiger charge is -2.34. The van der Waals surface area contributed by atoms with Crippen LogP contribution in [0.5, 0.6) is 0 Å². The third-order valence-electron chi connectivity index (χ3n) is 3.89. The summed E-state index contributed by atoms with van der Waals surface area (Å²) in [6, 6.07) is 1.54. The van der Waals surface area contributed by atoms with E-state index in [1.807, 2.05) is 20.8 Å². The van der Waals surface area contributed by atoms with Crippen LogP contribution in [0.15, 0.2) is 6.07 Å². The molecule has 1 aliphatic heterocycles. The van der Waals surface area contributed by atoms with Gasteiger partial charge in [0.1, 0.15) is 5.60 Å². The van der Waals surface area contributed by atoms with Gasteiger partial charge >= 0.3 is 12.1 Å². The maximum atomic E-state index is 12.2. The number of esters is 1. The highest BCUT2D eigenvalue weighted by molar-refractivity contribution is 6.29. The van der Waals surface area contributed by atoms with E-state index in [-0.39, 0.29) is 22.9 Å². The van der Waals surface area contributed by atoms with Gasteiger partial charge in [-0.1, -0.05) is 11.6 Å². The summed E-state index contributed by atoms with van der Waals surface area (Å²) in [7, 11) is 1.28. The number of rotatable bonds is 4. The first-order valence-electron chi connectivity index (χ1n) is 8.53. The van der Waals surface area contributed by atoms with Crippen molar-refractivity contribution in [1.29, 1.82) is 0 Å². The second kappa shape index (κ2) is 8.53. The standard InChI is InChI=1S/C17H25ClN4O4/c1-17(2,3)26-16(24)22-7-5-6-11(10-22)9-19-12-8-13(18)20-21-14(12)15(23)25-4/h8,11H,5-7,9-10H2,1-4H3,(H,19,20). The smallest absolute Gasteiger partial charge is 0.410 e. The van der Waals surface area contributed by atoms with Gasteiger partial charge in [-0.2, -0.15) is 0 Å². The van der Waals surface area contributed by atoms with Gasteiger partial charge in [-0.15, -0.1) is 10.2 Å². The van der Waals surface area contributed by atoms with Crippen LogP contribution < -0.4 is 5.32 Å². The fourth-order valence-electron chi connectivity index (χ4n) is 2.73. The van der Waals surface area contributed by atoms with Crippen LogP contribution >= 0.6 is 11.6 Å². The summed E-state index contributed by atoms with van der Waals surface area (Å²) in [5.41, 5.74) is 0.0277. The molecule has 1 unspecified atom stereocenters. The van der Waals surface area contributed by atoms with Crippen molar-refractivity contribution in [2.75, 3.05) is 32.1 Å². The molecule has 26 heavy (non-hydrogen) atoms. The molecule has 0 aliphatic carbocycles. The van der Waals surface area contributed by atoms with Crippen molar-refractivity contribution in [3.05, 3.63) is 16.9 Å². The third kappa shape index (κ3) is 5.72. The maximum absolute atomic E-state index is 12.2. The van der Waals surface area contributed by atoms with Gasteiger partial charge in [-0.25, -0.2) is 9.59 Å². The molecule has 2 rings (SSSR count). The van der Waals surface area contributed by atoms with Crippen LogP contribution in [0.25, 0.3) is 0 Å². The Balaban J connectivity index is 1.98. The van der Waals surface area contributed by atoms with Crippen LogP contribution in [0.4, 0.5) is 10.5 Å². The van der Waals surface area contributed by atoms with Gasteiger partial charge in [0.25, 0.3) is 0 Å². The van der Waals surface area contributed by atoms with E-state index in [9.17, 15) is 9.59 Å². The van der Waals surface area contributed by atoms with Gasteiger partial charge in [-0.05, 0) is 39.5 Å². The first kappa shape index (κ1) is 20.2. The number of aromatic nitrogens is 2. The number of piperidine rings is 1. The van der Waals surface area contributed by atoms with E-state index >= 15 is 0 Å². The van der Waals surface area contributed by atoms with Gasteiger partial charge in [-0.3, -0.25) is 0 Å². The fourth-order valence-corrected chi connectivity index (χ4v) is 2.88. The van der Waals surface area contributed by atoms with E-state index in [1.165, 1.54) is 13.2 Å². The van der Waals surface area contributed by atoms with E-state index in [1.54, 1.807) is 4.90 Å². The minimum absolute atomic E-state index is 0.0803. The van der Waals surface area contributed by atoms with Crippen LogP contribution in [-0.2, 0) is 9.47 Å². The molecular formula is C17H25ClN4O4. The lowest BCUT2D eigenvalue weighted by Crippen LogP contribution is -2.44. The maximum Gasteiger partial charge on any atom is 0.410 e. The lowest BCUT2D eigenvalue weighted by atomic mass is 9.98. The normalized spacial score (nSPS) is 17.6. The van der Waals surface area contributed by atoms with Crippen molar-refractivity contribution in [3.8, 4) is 0 Å². The monoisotopic (exact) mass is 384 g/mol. The quantitative estimate of drug-likeness (QED) is 0.797. The summed E-state index contributed by atoms with van der Waals surface area (Å²) in [5, 5.41) is 10.8. The molecule has 1 aliphatic rings. The molecule has 0 saturated carbocycles. The summed E-state index contributed by atoms with van der Waals surface area (Å²) in [6.07, 6.45) is 1.56. The minimum atomic E-state index is -0.587. The van der Waals surface area contributed by atoms with Crippen LogP contribution in [-0.4, -0.2) is 59.5 Å². The highest BCUT2D eigenvalue weighted by atomic mass is 35.5. The molecular weight excluding hydrogens is 360 g/mol. The molecule has 1 amide bonds. The zero-order valence-electron chi connectivity index (χ0n) is 15.5. The van der Waals surface area contributed by atoms with Crippen molar-refractivity contribution < 1.29 is 19.1 Å². The van der Waals surface area contributed by atoms with E-state index in [0.29, 0.717) is 25.3 Å². The van der Waals surface area contributed by atoms with E-state index in [4.69, 9.17) is 21.1 Å². The highest BCUT2D eigenvalue weighted by Gasteiger charge is 2.28. The molecule has 144 valence electrons. The Morgan fingerprint density at radius 1 is 1.38 bits per heavy atom. The van der Waals surface area contributed by atoms with Crippen LogP contribution in [0.1, 0.15) is 44.1 Å².